The fourth-order valence-electron chi connectivity index (χ4n) is 1.47. The van der Waals surface area contributed by atoms with Gasteiger partial charge in [-0.15, -0.1) is 0 Å². The van der Waals surface area contributed by atoms with Gasteiger partial charge in [0.25, 0.3) is 0 Å². The van der Waals surface area contributed by atoms with E-state index in [1.165, 1.54) is 0 Å². The van der Waals surface area contributed by atoms with E-state index in [0.29, 0.717) is 13.0 Å². The third-order valence-electron chi connectivity index (χ3n) is 2.27. The maximum absolute atomic E-state index is 12.0. The van der Waals surface area contributed by atoms with Gasteiger partial charge in [0.2, 0.25) is 6.29 Å². The number of nitrogens with one attached hydrogen (secondary N) is 1. The Hall–Kier alpha value is -0.940. The highest BCUT2D eigenvalue weighted by Crippen LogP contribution is 2.11. The number of esters is 1. The maximum Gasteiger partial charge on any atom is 0.323 e. The van der Waals surface area contributed by atoms with Gasteiger partial charge in [-0.05, 0) is 47.1 Å². The van der Waals surface area contributed by atoms with Crippen LogP contribution in [0.3, 0.4) is 0 Å². The van der Waals surface area contributed by atoms with Crippen molar-refractivity contribution >= 4 is 12.3 Å². The van der Waals surface area contributed by atoms with Crippen molar-refractivity contribution in [1.82, 2.24) is 5.32 Å². The normalized spacial score (nSPS) is 14.9. The molecule has 0 heterocycles. The summed E-state index contributed by atoms with van der Waals surface area (Å²) in [5.74, 6) is -0.332. The molecule has 0 aromatic carbocycles. The second kappa shape index (κ2) is 8.21. The molecule has 0 rings (SSSR count). The van der Waals surface area contributed by atoms with Crippen molar-refractivity contribution in [2.24, 2.45) is 5.73 Å². The van der Waals surface area contributed by atoms with E-state index in [0.717, 1.165) is 12.8 Å². The van der Waals surface area contributed by atoms with Crippen LogP contribution in [0.15, 0.2) is 0 Å². The fraction of sp³-hybridized carbons (Fsp3) is 0.846. The number of rotatable bonds is 8. The van der Waals surface area contributed by atoms with Crippen LogP contribution in [0.4, 0.5) is 0 Å². The molecule has 0 unspecified atom stereocenters. The first-order valence-corrected chi connectivity index (χ1v) is 6.37. The summed E-state index contributed by atoms with van der Waals surface area (Å²) in [6.07, 6.45) is 4.09. The van der Waals surface area contributed by atoms with E-state index in [1.807, 2.05) is 27.1 Å². The zero-order chi connectivity index (χ0) is 14.2. The minimum absolute atomic E-state index is 0.332. The Kier molecular flexibility index (Phi) is 7.78. The zero-order valence-electron chi connectivity index (χ0n) is 11.8. The number of carbonyl (C=O) groups is 1. The Bertz CT molecular complexity index is 261. The average molecular weight is 257 g/mol. The van der Waals surface area contributed by atoms with Gasteiger partial charge >= 0.3 is 5.97 Å². The third-order valence-corrected chi connectivity index (χ3v) is 2.27. The molecule has 0 saturated heterocycles. The Morgan fingerprint density at radius 2 is 2.00 bits per heavy atom. The molecule has 0 fully saturated rings. The minimum atomic E-state index is -0.529. The number of hydrogen-bond acceptors (Lipinski definition) is 5. The number of unbranched alkanes of at least 4 members (excludes halogenated alkanes) is 1. The van der Waals surface area contributed by atoms with E-state index in [9.17, 15) is 9.59 Å². The van der Waals surface area contributed by atoms with Crippen molar-refractivity contribution in [2.45, 2.75) is 64.6 Å². The van der Waals surface area contributed by atoms with Crippen molar-refractivity contribution < 1.29 is 14.3 Å². The molecule has 18 heavy (non-hydrogen) atoms. The van der Waals surface area contributed by atoms with E-state index in [1.54, 1.807) is 6.92 Å². The van der Waals surface area contributed by atoms with Gasteiger partial charge in [-0.3, -0.25) is 14.9 Å². The molecule has 1 radical (unpaired) electrons. The molecule has 5 nitrogen and oxygen atoms in total. The first-order valence-electron chi connectivity index (χ1n) is 6.37. The summed E-state index contributed by atoms with van der Waals surface area (Å²) in [6, 6.07) is -0.965. The molecule has 3 N–H and O–H groups in total. The second-order valence-corrected chi connectivity index (χ2v) is 5.38. The Balaban J connectivity index is 4.43. The zero-order valence-corrected chi connectivity index (χ0v) is 11.8. The fourth-order valence-corrected chi connectivity index (χ4v) is 1.47. The lowest BCUT2D eigenvalue weighted by molar-refractivity contribution is -0.157. The summed E-state index contributed by atoms with van der Waals surface area (Å²) in [6.45, 7) is 7.70. The molecule has 5 heteroatoms. The van der Waals surface area contributed by atoms with Gasteiger partial charge in [-0.1, -0.05) is 6.42 Å². The average Bonchev–Trinajstić information content (AvgIpc) is 2.25. The molecule has 0 spiro atoms. The lowest BCUT2D eigenvalue weighted by atomic mass is 10.1. The molecule has 0 aliphatic carbocycles. The van der Waals surface area contributed by atoms with Crippen molar-refractivity contribution in [3.8, 4) is 0 Å². The summed E-state index contributed by atoms with van der Waals surface area (Å²) in [5.41, 5.74) is 4.89. The van der Waals surface area contributed by atoms with Gasteiger partial charge in [0.05, 0.1) is 6.04 Å². The van der Waals surface area contributed by atoms with Crippen LogP contribution in [0.1, 0.15) is 47.0 Å². The van der Waals surface area contributed by atoms with Gasteiger partial charge in [-0.2, -0.15) is 0 Å². The highest BCUT2D eigenvalue weighted by Gasteiger charge is 2.25. The Labute approximate surface area is 109 Å². The lowest BCUT2D eigenvalue weighted by Crippen LogP contribution is -2.45. The van der Waals surface area contributed by atoms with Crippen LogP contribution in [-0.4, -0.2) is 36.5 Å². The van der Waals surface area contributed by atoms with Crippen LogP contribution in [0, 0.1) is 0 Å². The molecule has 0 amide bonds. The van der Waals surface area contributed by atoms with Gasteiger partial charge in [-0.25, -0.2) is 0 Å². The summed E-state index contributed by atoms with van der Waals surface area (Å²) in [7, 11) is 0. The molecule has 0 aliphatic rings. The van der Waals surface area contributed by atoms with E-state index in [2.05, 4.69) is 5.32 Å². The van der Waals surface area contributed by atoms with Crippen LogP contribution in [0.2, 0.25) is 0 Å². The standard InChI is InChI=1S/C13H25N2O3/c1-10(9-16)15-11(7-5-6-8-14)12(17)18-13(2,3)4/h10-11,15H,5-8,14H2,1-4H3/t10-,11-/m0/s1. The van der Waals surface area contributed by atoms with E-state index in [4.69, 9.17) is 10.5 Å². The maximum atomic E-state index is 12.0. The van der Waals surface area contributed by atoms with Crippen LogP contribution in [0.5, 0.6) is 0 Å². The molecule has 0 aromatic heterocycles. The van der Waals surface area contributed by atoms with E-state index in [-0.39, 0.29) is 5.97 Å². The number of ether oxygens (including phenoxy) is 1. The van der Waals surface area contributed by atoms with Crippen LogP contribution in [-0.2, 0) is 14.3 Å². The second-order valence-electron chi connectivity index (χ2n) is 5.38. The SMILES string of the molecule is C[C@@H]([C]=O)N[C@@H](CCCCN)C(=O)OC(C)(C)C. The summed E-state index contributed by atoms with van der Waals surface area (Å²) >= 11 is 0. The molecule has 0 bridgehead atoms. The Morgan fingerprint density at radius 1 is 1.39 bits per heavy atom. The van der Waals surface area contributed by atoms with E-state index < -0.39 is 17.7 Å². The summed E-state index contributed by atoms with van der Waals surface area (Å²) in [4.78, 5) is 22.5. The van der Waals surface area contributed by atoms with E-state index >= 15 is 0 Å². The summed E-state index contributed by atoms with van der Waals surface area (Å²) < 4.78 is 5.31. The topological polar surface area (TPSA) is 81.4 Å². The predicted octanol–water partition coefficient (Wildman–Crippen LogP) is 0.914. The number of nitrogens with two attached hydrogens (primary N) is 1. The monoisotopic (exact) mass is 257 g/mol. The number of hydrogen-bond donors (Lipinski definition) is 2. The lowest BCUT2D eigenvalue weighted by Gasteiger charge is -2.25. The van der Waals surface area contributed by atoms with Gasteiger partial charge in [0.1, 0.15) is 11.6 Å². The molecule has 2 atom stereocenters. The Morgan fingerprint density at radius 3 is 2.44 bits per heavy atom. The van der Waals surface area contributed by atoms with Gasteiger partial charge < -0.3 is 10.5 Å². The van der Waals surface area contributed by atoms with Crippen LogP contribution < -0.4 is 11.1 Å². The molecule has 0 aromatic rings. The highest BCUT2D eigenvalue weighted by atomic mass is 16.6. The quantitative estimate of drug-likeness (QED) is 0.499. The minimum Gasteiger partial charge on any atom is -0.459 e. The molecule has 105 valence electrons. The first kappa shape index (κ1) is 17.1. The predicted molar refractivity (Wildman–Crippen MR) is 70.8 cm³/mol. The van der Waals surface area contributed by atoms with Crippen molar-refractivity contribution in [3.05, 3.63) is 0 Å². The molecular formula is C13H25N2O3. The van der Waals surface area contributed by atoms with Crippen molar-refractivity contribution in [1.29, 1.82) is 0 Å². The van der Waals surface area contributed by atoms with Crippen molar-refractivity contribution in [3.63, 3.8) is 0 Å². The van der Waals surface area contributed by atoms with Crippen molar-refractivity contribution in [2.75, 3.05) is 6.54 Å². The van der Waals surface area contributed by atoms with Crippen LogP contribution in [0.25, 0.3) is 0 Å². The molecule has 0 saturated carbocycles. The molecular weight excluding hydrogens is 232 g/mol. The van der Waals surface area contributed by atoms with Crippen LogP contribution >= 0.6 is 0 Å². The summed E-state index contributed by atoms with van der Waals surface area (Å²) in [5, 5.41) is 2.91. The van der Waals surface area contributed by atoms with Gasteiger partial charge in [0, 0.05) is 0 Å². The highest BCUT2D eigenvalue weighted by molar-refractivity contribution is 5.77. The number of carbonyl (C=O) groups excluding carboxylic acids is 2. The smallest absolute Gasteiger partial charge is 0.323 e. The molecule has 0 aliphatic heterocycles. The van der Waals surface area contributed by atoms with Gasteiger partial charge in [0.15, 0.2) is 0 Å². The first-order chi connectivity index (χ1) is 8.30. The third kappa shape index (κ3) is 8.20. The largest absolute Gasteiger partial charge is 0.459 e.